The van der Waals surface area contributed by atoms with E-state index < -0.39 is 23.7 Å². The summed E-state index contributed by atoms with van der Waals surface area (Å²) in [5, 5.41) is 9.35. The summed E-state index contributed by atoms with van der Waals surface area (Å²) >= 11 is 0. The molecule has 1 fully saturated rings. The molecule has 0 unspecified atom stereocenters. The van der Waals surface area contributed by atoms with Gasteiger partial charge in [-0.3, -0.25) is 4.90 Å². The molecule has 0 bridgehead atoms. The molecule has 1 aliphatic heterocycles. The average molecular weight is 323 g/mol. The van der Waals surface area contributed by atoms with Crippen LogP contribution in [-0.4, -0.2) is 40.3 Å². The van der Waals surface area contributed by atoms with Crippen LogP contribution in [0.25, 0.3) is 0 Å². The maximum atomic E-state index is 13.8. The van der Waals surface area contributed by atoms with Crippen LogP contribution >= 0.6 is 0 Å². The standard InChI is InChI=1S/C17H22FNO4/c1-17(2,3)23-16(22)19-10-11(9-14(19)15(20)21)8-12-6-4-5-7-13(12)18/h4-7,11,14H,8-10H2,1-3H3,(H,20,21)/t11-,14+/m0/s1. The normalized spacial score (nSPS) is 21.3. The minimum atomic E-state index is -1.06. The van der Waals surface area contributed by atoms with E-state index in [2.05, 4.69) is 0 Å². The van der Waals surface area contributed by atoms with E-state index in [1.165, 1.54) is 11.0 Å². The van der Waals surface area contributed by atoms with Crippen LogP contribution in [0.5, 0.6) is 0 Å². The summed E-state index contributed by atoms with van der Waals surface area (Å²) in [6.07, 6.45) is 0.0551. The molecule has 2 atom stereocenters. The first-order valence-electron chi connectivity index (χ1n) is 7.63. The van der Waals surface area contributed by atoms with Gasteiger partial charge in [0.2, 0.25) is 0 Å². The quantitative estimate of drug-likeness (QED) is 0.928. The molecule has 1 aromatic carbocycles. The highest BCUT2D eigenvalue weighted by Gasteiger charge is 2.41. The molecule has 0 saturated carbocycles. The van der Waals surface area contributed by atoms with Crippen molar-refractivity contribution in [1.82, 2.24) is 4.90 Å². The summed E-state index contributed by atoms with van der Waals surface area (Å²) in [6, 6.07) is 5.49. The first-order chi connectivity index (χ1) is 10.7. The number of amides is 1. The molecule has 1 N–H and O–H groups in total. The van der Waals surface area contributed by atoms with Crippen LogP contribution in [0.3, 0.4) is 0 Å². The Labute approximate surface area is 135 Å². The van der Waals surface area contributed by atoms with Crippen molar-refractivity contribution >= 4 is 12.1 Å². The molecule has 1 amide bonds. The van der Waals surface area contributed by atoms with Gasteiger partial charge in [-0.25, -0.2) is 14.0 Å². The molecule has 126 valence electrons. The summed E-state index contributed by atoms with van der Waals surface area (Å²) in [6.45, 7) is 5.44. The van der Waals surface area contributed by atoms with Gasteiger partial charge in [0.1, 0.15) is 17.5 Å². The number of rotatable bonds is 3. The van der Waals surface area contributed by atoms with Gasteiger partial charge in [-0.2, -0.15) is 0 Å². The molecule has 6 heteroatoms. The largest absolute Gasteiger partial charge is 0.480 e. The van der Waals surface area contributed by atoms with Gasteiger partial charge in [0.25, 0.3) is 0 Å². The molecule has 5 nitrogen and oxygen atoms in total. The highest BCUT2D eigenvalue weighted by molar-refractivity contribution is 5.81. The Morgan fingerprint density at radius 1 is 1.35 bits per heavy atom. The summed E-state index contributed by atoms with van der Waals surface area (Å²) in [5.41, 5.74) is -0.156. The summed E-state index contributed by atoms with van der Waals surface area (Å²) in [5.74, 6) is -1.48. The van der Waals surface area contributed by atoms with Crippen LogP contribution in [0.2, 0.25) is 0 Å². The highest BCUT2D eigenvalue weighted by Crippen LogP contribution is 2.29. The topological polar surface area (TPSA) is 66.8 Å². The lowest BCUT2D eigenvalue weighted by molar-refractivity contribution is -0.142. The summed E-state index contributed by atoms with van der Waals surface area (Å²) < 4.78 is 19.0. The van der Waals surface area contributed by atoms with E-state index >= 15 is 0 Å². The minimum Gasteiger partial charge on any atom is -0.480 e. The summed E-state index contributed by atoms with van der Waals surface area (Å²) in [4.78, 5) is 24.9. The van der Waals surface area contributed by atoms with Gasteiger partial charge in [-0.15, -0.1) is 0 Å². The zero-order valence-corrected chi connectivity index (χ0v) is 13.6. The van der Waals surface area contributed by atoms with Crippen molar-refractivity contribution in [1.29, 1.82) is 0 Å². The molecule has 0 spiro atoms. The van der Waals surface area contributed by atoms with E-state index in [1.807, 2.05) is 0 Å². The third-order valence-electron chi connectivity index (χ3n) is 3.77. The Morgan fingerprint density at radius 2 is 2.00 bits per heavy atom. The fourth-order valence-corrected chi connectivity index (χ4v) is 2.80. The van der Waals surface area contributed by atoms with E-state index in [-0.39, 0.29) is 18.3 Å². The second-order valence-electron chi connectivity index (χ2n) is 6.88. The number of carbonyl (C=O) groups excluding carboxylic acids is 1. The lowest BCUT2D eigenvalue weighted by atomic mass is 9.96. The Morgan fingerprint density at radius 3 is 2.57 bits per heavy atom. The van der Waals surface area contributed by atoms with Crippen LogP contribution in [0.1, 0.15) is 32.8 Å². The number of ether oxygens (including phenoxy) is 1. The number of nitrogens with zero attached hydrogens (tertiary/aromatic N) is 1. The van der Waals surface area contributed by atoms with Crippen LogP contribution < -0.4 is 0 Å². The molecule has 1 saturated heterocycles. The van der Waals surface area contributed by atoms with Gasteiger partial charge in [0.15, 0.2) is 0 Å². The summed E-state index contributed by atoms with van der Waals surface area (Å²) in [7, 11) is 0. The molecule has 0 radical (unpaired) electrons. The predicted octanol–water partition coefficient (Wildman–Crippen LogP) is 3.08. The maximum absolute atomic E-state index is 13.8. The number of aliphatic carboxylic acids is 1. The second-order valence-corrected chi connectivity index (χ2v) is 6.88. The van der Waals surface area contributed by atoms with E-state index in [1.54, 1.807) is 39.0 Å². The number of carbonyl (C=O) groups is 2. The van der Waals surface area contributed by atoms with E-state index in [0.717, 1.165) is 0 Å². The van der Waals surface area contributed by atoms with Gasteiger partial charge in [-0.1, -0.05) is 18.2 Å². The maximum Gasteiger partial charge on any atom is 0.411 e. The van der Waals surface area contributed by atoms with Crippen molar-refractivity contribution < 1.29 is 23.8 Å². The minimum absolute atomic E-state index is 0.111. The predicted molar refractivity (Wildman–Crippen MR) is 82.6 cm³/mol. The van der Waals surface area contributed by atoms with E-state index in [9.17, 15) is 19.1 Å². The van der Waals surface area contributed by atoms with Crippen LogP contribution in [0, 0.1) is 11.7 Å². The molecular weight excluding hydrogens is 301 g/mol. The third kappa shape index (κ3) is 4.43. The molecule has 1 aliphatic rings. The van der Waals surface area contributed by atoms with Crippen molar-refractivity contribution in [3.05, 3.63) is 35.6 Å². The molecule has 0 aliphatic carbocycles. The lowest BCUT2D eigenvalue weighted by Crippen LogP contribution is -2.43. The van der Waals surface area contributed by atoms with E-state index in [0.29, 0.717) is 18.4 Å². The molecule has 2 rings (SSSR count). The van der Waals surface area contributed by atoms with Crippen LogP contribution in [0.15, 0.2) is 24.3 Å². The van der Waals surface area contributed by atoms with Crippen molar-refractivity contribution in [2.24, 2.45) is 5.92 Å². The number of halogens is 1. The molecule has 1 heterocycles. The second kappa shape index (κ2) is 6.56. The third-order valence-corrected chi connectivity index (χ3v) is 3.77. The van der Waals surface area contributed by atoms with E-state index in [4.69, 9.17) is 4.74 Å². The van der Waals surface area contributed by atoms with Crippen molar-refractivity contribution in [2.45, 2.75) is 45.3 Å². The number of benzene rings is 1. The molecule has 23 heavy (non-hydrogen) atoms. The number of carboxylic acid groups (broad SMARTS) is 1. The zero-order valence-electron chi connectivity index (χ0n) is 13.6. The Kier molecular flexibility index (Phi) is 4.92. The smallest absolute Gasteiger partial charge is 0.411 e. The number of likely N-dealkylation sites (tertiary alicyclic amines) is 1. The fourth-order valence-electron chi connectivity index (χ4n) is 2.80. The van der Waals surface area contributed by atoms with Gasteiger partial charge in [0, 0.05) is 6.54 Å². The fraction of sp³-hybridized carbons (Fsp3) is 0.529. The van der Waals surface area contributed by atoms with Gasteiger partial charge < -0.3 is 9.84 Å². The highest BCUT2D eigenvalue weighted by atomic mass is 19.1. The number of carboxylic acids is 1. The van der Waals surface area contributed by atoms with Gasteiger partial charge in [-0.05, 0) is 51.2 Å². The van der Waals surface area contributed by atoms with Crippen molar-refractivity contribution in [2.75, 3.05) is 6.54 Å². The number of hydrogen-bond donors (Lipinski definition) is 1. The Balaban J connectivity index is 2.10. The van der Waals surface area contributed by atoms with Crippen molar-refractivity contribution in [3.8, 4) is 0 Å². The molecular formula is C17H22FNO4. The van der Waals surface area contributed by atoms with Crippen LogP contribution in [-0.2, 0) is 16.0 Å². The monoisotopic (exact) mass is 323 g/mol. The molecule has 1 aromatic rings. The zero-order chi connectivity index (χ0) is 17.2. The van der Waals surface area contributed by atoms with Gasteiger partial charge in [0.05, 0.1) is 0 Å². The first-order valence-corrected chi connectivity index (χ1v) is 7.63. The first kappa shape index (κ1) is 17.2. The van der Waals surface area contributed by atoms with Crippen LogP contribution in [0.4, 0.5) is 9.18 Å². The molecule has 0 aromatic heterocycles. The van der Waals surface area contributed by atoms with Crippen molar-refractivity contribution in [3.63, 3.8) is 0 Å². The lowest BCUT2D eigenvalue weighted by Gasteiger charge is -2.26. The Bertz CT molecular complexity index is 597. The SMILES string of the molecule is CC(C)(C)OC(=O)N1C[C@@H](Cc2ccccc2F)C[C@@H]1C(=O)O. The average Bonchev–Trinajstić information content (AvgIpc) is 2.84. The number of hydrogen-bond acceptors (Lipinski definition) is 3. The van der Waals surface area contributed by atoms with Gasteiger partial charge >= 0.3 is 12.1 Å². The Hall–Kier alpha value is -2.11.